The van der Waals surface area contributed by atoms with Crippen molar-refractivity contribution in [3.05, 3.63) is 29.6 Å². The van der Waals surface area contributed by atoms with Gasteiger partial charge in [0.25, 0.3) is 0 Å². The van der Waals surface area contributed by atoms with Crippen LogP contribution in [0.4, 0.5) is 10.1 Å². The third kappa shape index (κ3) is 3.50. The highest BCUT2D eigenvalue weighted by Crippen LogP contribution is 2.46. The second kappa shape index (κ2) is 5.09. The quantitative estimate of drug-likeness (QED) is 0.847. The lowest BCUT2D eigenvalue weighted by Crippen LogP contribution is -2.40. The van der Waals surface area contributed by atoms with Gasteiger partial charge in [0.05, 0.1) is 5.56 Å². The van der Waals surface area contributed by atoms with E-state index in [9.17, 15) is 4.39 Å². The molecule has 20 heavy (non-hydrogen) atoms. The summed E-state index contributed by atoms with van der Waals surface area (Å²) in [5.74, 6) is -0.452. The van der Waals surface area contributed by atoms with Crippen molar-refractivity contribution in [3.8, 4) is 6.07 Å². The van der Waals surface area contributed by atoms with Crippen molar-refractivity contribution < 1.29 is 4.39 Å². The molecule has 3 heteroatoms. The van der Waals surface area contributed by atoms with Crippen LogP contribution in [-0.2, 0) is 0 Å². The highest BCUT2D eigenvalue weighted by atomic mass is 19.1. The standard InChI is InChI=1S/C17H23FN2/c1-16(2)8-14(9-17(3,4)11-16)20-13-6-5-12(10-19)15(18)7-13/h5-7,14,20H,8-9,11H2,1-4H3. The van der Waals surface area contributed by atoms with Crippen molar-refractivity contribution in [2.75, 3.05) is 5.32 Å². The van der Waals surface area contributed by atoms with Gasteiger partial charge in [-0.3, -0.25) is 0 Å². The fourth-order valence-corrected chi connectivity index (χ4v) is 3.88. The lowest BCUT2D eigenvalue weighted by molar-refractivity contribution is 0.105. The number of hydrogen-bond acceptors (Lipinski definition) is 2. The van der Waals surface area contributed by atoms with Crippen molar-refractivity contribution in [3.63, 3.8) is 0 Å². The number of hydrogen-bond donors (Lipinski definition) is 1. The SMILES string of the molecule is CC1(C)CC(Nc2ccc(C#N)c(F)c2)CC(C)(C)C1. The van der Waals surface area contributed by atoms with Crippen LogP contribution in [0.2, 0.25) is 0 Å². The largest absolute Gasteiger partial charge is 0.382 e. The molecule has 1 aliphatic carbocycles. The van der Waals surface area contributed by atoms with E-state index in [1.54, 1.807) is 6.07 Å². The first-order valence-corrected chi connectivity index (χ1v) is 7.17. The summed E-state index contributed by atoms with van der Waals surface area (Å²) < 4.78 is 13.6. The minimum absolute atomic E-state index is 0.0971. The molecule has 0 unspecified atom stereocenters. The minimum Gasteiger partial charge on any atom is -0.382 e. The molecular weight excluding hydrogens is 251 g/mol. The normalized spacial score (nSPS) is 21.2. The second-order valence-electron chi connectivity index (χ2n) is 7.56. The molecule has 0 bridgehead atoms. The van der Waals surface area contributed by atoms with Crippen LogP contribution in [0.15, 0.2) is 18.2 Å². The number of benzene rings is 1. The highest BCUT2D eigenvalue weighted by molar-refractivity contribution is 5.48. The van der Waals surface area contributed by atoms with Gasteiger partial charge >= 0.3 is 0 Å². The van der Waals surface area contributed by atoms with Crippen molar-refractivity contribution >= 4 is 5.69 Å². The molecule has 0 radical (unpaired) electrons. The zero-order valence-electron chi connectivity index (χ0n) is 12.8. The predicted molar refractivity (Wildman–Crippen MR) is 79.9 cm³/mol. The minimum atomic E-state index is -0.452. The number of nitrogens with zero attached hydrogens (tertiary/aromatic N) is 1. The summed E-state index contributed by atoms with van der Waals surface area (Å²) in [5.41, 5.74) is 1.45. The Morgan fingerprint density at radius 2 is 1.80 bits per heavy atom. The monoisotopic (exact) mass is 274 g/mol. The molecule has 1 aromatic rings. The molecule has 2 rings (SSSR count). The molecule has 0 aliphatic heterocycles. The molecular formula is C17H23FN2. The van der Waals surface area contributed by atoms with E-state index >= 15 is 0 Å². The Bertz CT molecular complexity index is 524. The maximum atomic E-state index is 13.6. The summed E-state index contributed by atoms with van der Waals surface area (Å²) in [6.07, 6.45) is 3.37. The van der Waals surface area contributed by atoms with E-state index < -0.39 is 5.82 Å². The van der Waals surface area contributed by atoms with E-state index in [0.29, 0.717) is 16.9 Å². The lowest BCUT2D eigenvalue weighted by Gasteiger charge is -2.45. The van der Waals surface area contributed by atoms with Crippen molar-refractivity contribution in [2.24, 2.45) is 10.8 Å². The Kier molecular flexibility index (Phi) is 3.77. The summed E-state index contributed by atoms with van der Waals surface area (Å²) in [4.78, 5) is 0. The van der Waals surface area contributed by atoms with Gasteiger partial charge in [-0.05, 0) is 48.3 Å². The van der Waals surface area contributed by atoms with Crippen LogP contribution in [0.5, 0.6) is 0 Å². The van der Waals surface area contributed by atoms with Gasteiger partial charge in [0.1, 0.15) is 11.9 Å². The smallest absolute Gasteiger partial charge is 0.143 e. The topological polar surface area (TPSA) is 35.8 Å². The van der Waals surface area contributed by atoms with Crippen LogP contribution in [0.3, 0.4) is 0 Å². The van der Waals surface area contributed by atoms with Gasteiger partial charge in [-0.25, -0.2) is 4.39 Å². The Morgan fingerprint density at radius 1 is 1.20 bits per heavy atom. The summed E-state index contributed by atoms with van der Waals surface area (Å²) >= 11 is 0. The molecule has 1 fully saturated rings. The maximum absolute atomic E-state index is 13.6. The van der Waals surface area contributed by atoms with Gasteiger partial charge in [-0.15, -0.1) is 0 Å². The fraction of sp³-hybridized carbons (Fsp3) is 0.588. The molecule has 1 saturated carbocycles. The van der Waals surface area contributed by atoms with Gasteiger partial charge in [-0.1, -0.05) is 27.7 Å². The van der Waals surface area contributed by atoms with Crippen molar-refractivity contribution in [1.82, 2.24) is 0 Å². The van der Waals surface area contributed by atoms with Crippen LogP contribution < -0.4 is 5.32 Å². The number of anilines is 1. The molecule has 108 valence electrons. The van der Waals surface area contributed by atoms with E-state index in [2.05, 4.69) is 33.0 Å². The van der Waals surface area contributed by atoms with Gasteiger partial charge in [0.15, 0.2) is 0 Å². The third-order valence-electron chi connectivity index (χ3n) is 4.02. The molecule has 0 saturated heterocycles. The predicted octanol–water partition coefficient (Wildman–Crippen LogP) is 4.71. The van der Waals surface area contributed by atoms with E-state index in [1.165, 1.54) is 18.6 Å². The average Bonchev–Trinajstić information content (AvgIpc) is 2.24. The molecule has 1 aliphatic rings. The summed E-state index contributed by atoms with van der Waals surface area (Å²) in [7, 11) is 0. The molecule has 0 heterocycles. The second-order valence-corrected chi connectivity index (χ2v) is 7.56. The molecule has 0 aromatic heterocycles. The van der Waals surface area contributed by atoms with Crippen molar-refractivity contribution in [2.45, 2.75) is 53.0 Å². The van der Waals surface area contributed by atoms with Crippen LogP contribution in [-0.4, -0.2) is 6.04 Å². The molecule has 0 atom stereocenters. The van der Waals surface area contributed by atoms with E-state index in [1.807, 2.05) is 6.07 Å². The maximum Gasteiger partial charge on any atom is 0.143 e. The lowest BCUT2D eigenvalue weighted by atomic mass is 9.63. The van der Waals surface area contributed by atoms with Crippen LogP contribution >= 0.6 is 0 Å². The first-order chi connectivity index (χ1) is 9.21. The van der Waals surface area contributed by atoms with Gasteiger partial charge in [0.2, 0.25) is 0 Å². The Labute approximate surface area is 121 Å². The van der Waals surface area contributed by atoms with Crippen LogP contribution in [0, 0.1) is 28.0 Å². The Morgan fingerprint density at radius 3 is 2.30 bits per heavy atom. The summed E-state index contributed by atoms with van der Waals surface area (Å²) in [6.45, 7) is 9.17. The Balaban J connectivity index is 2.14. The number of nitrogens with one attached hydrogen (secondary N) is 1. The summed E-state index contributed by atoms with van der Waals surface area (Å²) in [5, 5.41) is 12.2. The van der Waals surface area contributed by atoms with Crippen LogP contribution in [0.25, 0.3) is 0 Å². The summed E-state index contributed by atoms with van der Waals surface area (Å²) in [6, 6.07) is 6.95. The molecule has 1 aromatic carbocycles. The van der Waals surface area contributed by atoms with Gasteiger partial charge in [-0.2, -0.15) is 5.26 Å². The molecule has 1 N–H and O–H groups in total. The van der Waals surface area contributed by atoms with Gasteiger partial charge in [0, 0.05) is 11.7 Å². The van der Waals surface area contributed by atoms with E-state index in [-0.39, 0.29) is 5.56 Å². The average molecular weight is 274 g/mol. The molecule has 0 amide bonds. The Hall–Kier alpha value is -1.56. The van der Waals surface area contributed by atoms with E-state index in [0.717, 1.165) is 18.5 Å². The first kappa shape index (κ1) is 14.8. The number of halogens is 1. The molecule has 0 spiro atoms. The zero-order valence-corrected chi connectivity index (χ0v) is 12.8. The first-order valence-electron chi connectivity index (χ1n) is 7.17. The number of rotatable bonds is 2. The highest BCUT2D eigenvalue weighted by Gasteiger charge is 2.38. The van der Waals surface area contributed by atoms with Crippen molar-refractivity contribution in [1.29, 1.82) is 5.26 Å². The van der Waals surface area contributed by atoms with Gasteiger partial charge < -0.3 is 5.32 Å². The fourth-order valence-electron chi connectivity index (χ4n) is 3.88. The zero-order chi connectivity index (χ0) is 15.0. The number of nitriles is 1. The van der Waals surface area contributed by atoms with Crippen LogP contribution in [0.1, 0.15) is 52.5 Å². The molecule has 2 nitrogen and oxygen atoms in total. The van der Waals surface area contributed by atoms with E-state index in [4.69, 9.17) is 5.26 Å². The third-order valence-corrected chi connectivity index (χ3v) is 4.02.